The molecule has 74 valence electrons. The van der Waals surface area contributed by atoms with Crippen molar-refractivity contribution in [2.45, 2.75) is 13.8 Å². The Kier molecular flexibility index (Phi) is 2.33. The minimum atomic E-state index is 0.343. The van der Waals surface area contributed by atoms with Crippen LogP contribution < -0.4 is 4.74 Å². The van der Waals surface area contributed by atoms with Crippen molar-refractivity contribution in [1.82, 2.24) is 0 Å². The van der Waals surface area contributed by atoms with Crippen molar-refractivity contribution in [2.75, 3.05) is 6.61 Å². The Bertz CT molecular complexity index is 460. The SMILES string of the molecule is CCOc1c(C)cc(O)c2sccc12. The Balaban J connectivity index is 2.73. The molecule has 2 aromatic rings. The van der Waals surface area contributed by atoms with Crippen LogP contribution in [-0.2, 0) is 0 Å². The molecule has 0 saturated heterocycles. The molecule has 0 aliphatic carbocycles. The van der Waals surface area contributed by atoms with Crippen LogP contribution in [0.25, 0.3) is 10.1 Å². The summed E-state index contributed by atoms with van der Waals surface area (Å²) in [5, 5.41) is 12.7. The van der Waals surface area contributed by atoms with Crippen LogP contribution in [0.1, 0.15) is 12.5 Å². The highest BCUT2D eigenvalue weighted by Crippen LogP contribution is 2.38. The summed E-state index contributed by atoms with van der Waals surface area (Å²) in [4.78, 5) is 0. The van der Waals surface area contributed by atoms with Gasteiger partial charge >= 0.3 is 0 Å². The molecule has 0 aliphatic heterocycles. The van der Waals surface area contributed by atoms with E-state index >= 15 is 0 Å². The second kappa shape index (κ2) is 3.50. The second-order valence-corrected chi connectivity index (χ2v) is 4.05. The number of fused-ring (bicyclic) bond motifs is 1. The zero-order valence-corrected chi connectivity index (χ0v) is 9.02. The minimum absolute atomic E-state index is 0.343. The van der Waals surface area contributed by atoms with Gasteiger partial charge < -0.3 is 9.84 Å². The van der Waals surface area contributed by atoms with E-state index in [-0.39, 0.29) is 0 Å². The number of benzene rings is 1. The predicted octanol–water partition coefficient (Wildman–Crippen LogP) is 3.31. The Hall–Kier alpha value is -1.22. The van der Waals surface area contributed by atoms with Crippen LogP contribution in [0.15, 0.2) is 17.5 Å². The van der Waals surface area contributed by atoms with Crippen molar-refractivity contribution >= 4 is 21.4 Å². The zero-order chi connectivity index (χ0) is 10.1. The summed E-state index contributed by atoms with van der Waals surface area (Å²) in [5.74, 6) is 1.23. The number of aromatic hydroxyl groups is 1. The van der Waals surface area contributed by atoms with Gasteiger partial charge in [0, 0.05) is 5.39 Å². The lowest BCUT2D eigenvalue weighted by atomic mass is 10.1. The zero-order valence-electron chi connectivity index (χ0n) is 8.20. The van der Waals surface area contributed by atoms with Gasteiger partial charge in [-0.2, -0.15) is 0 Å². The van der Waals surface area contributed by atoms with Crippen molar-refractivity contribution < 1.29 is 9.84 Å². The fourth-order valence-corrected chi connectivity index (χ4v) is 2.38. The molecule has 1 heterocycles. The maximum absolute atomic E-state index is 9.69. The van der Waals surface area contributed by atoms with Crippen LogP contribution in [-0.4, -0.2) is 11.7 Å². The molecule has 0 fully saturated rings. The molecule has 2 nitrogen and oxygen atoms in total. The third-order valence-corrected chi connectivity index (χ3v) is 3.08. The molecular weight excluding hydrogens is 196 g/mol. The molecule has 2 rings (SSSR count). The van der Waals surface area contributed by atoms with Gasteiger partial charge in [0.15, 0.2) is 0 Å². The van der Waals surface area contributed by atoms with Gasteiger partial charge in [0.1, 0.15) is 11.5 Å². The van der Waals surface area contributed by atoms with Crippen molar-refractivity contribution in [3.8, 4) is 11.5 Å². The lowest BCUT2D eigenvalue weighted by molar-refractivity contribution is 0.341. The lowest BCUT2D eigenvalue weighted by Crippen LogP contribution is -1.94. The van der Waals surface area contributed by atoms with Crippen LogP contribution in [0, 0.1) is 6.92 Å². The maximum Gasteiger partial charge on any atom is 0.133 e. The molecule has 0 unspecified atom stereocenters. The minimum Gasteiger partial charge on any atom is -0.506 e. The Morgan fingerprint density at radius 2 is 2.29 bits per heavy atom. The molecule has 1 N–H and O–H groups in total. The first-order valence-corrected chi connectivity index (χ1v) is 5.44. The van der Waals surface area contributed by atoms with E-state index in [1.165, 1.54) is 11.3 Å². The van der Waals surface area contributed by atoms with Gasteiger partial charge in [-0.3, -0.25) is 0 Å². The molecule has 0 spiro atoms. The second-order valence-electron chi connectivity index (χ2n) is 3.14. The average Bonchev–Trinajstić information content (AvgIpc) is 2.60. The monoisotopic (exact) mass is 208 g/mol. The lowest BCUT2D eigenvalue weighted by Gasteiger charge is -2.09. The van der Waals surface area contributed by atoms with E-state index in [2.05, 4.69) is 0 Å². The van der Waals surface area contributed by atoms with E-state index in [9.17, 15) is 5.11 Å². The van der Waals surface area contributed by atoms with E-state index in [1.807, 2.05) is 25.3 Å². The number of phenols is 1. The summed E-state index contributed by atoms with van der Waals surface area (Å²) < 4.78 is 6.46. The highest BCUT2D eigenvalue weighted by atomic mass is 32.1. The summed E-state index contributed by atoms with van der Waals surface area (Å²) >= 11 is 1.53. The Morgan fingerprint density at radius 3 is 3.00 bits per heavy atom. The molecule has 1 aromatic heterocycles. The van der Waals surface area contributed by atoms with E-state index < -0.39 is 0 Å². The molecule has 0 atom stereocenters. The Morgan fingerprint density at radius 1 is 1.50 bits per heavy atom. The molecule has 0 amide bonds. The van der Waals surface area contributed by atoms with Gasteiger partial charge in [0.05, 0.1) is 11.3 Å². The molecule has 0 bridgehead atoms. The molecule has 1 aromatic carbocycles. The highest BCUT2D eigenvalue weighted by Gasteiger charge is 2.10. The maximum atomic E-state index is 9.69. The van der Waals surface area contributed by atoms with Crippen LogP contribution in [0.2, 0.25) is 0 Å². The summed E-state index contributed by atoms with van der Waals surface area (Å²) in [6.45, 7) is 4.56. The average molecular weight is 208 g/mol. The van der Waals surface area contributed by atoms with Crippen molar-refractivity contribution in [3.63, 3.8) is 0 Å². The van der Waals surface area contributed by atoms with E-state index in [0.29, 0.717) is 12.4 Å². The number of phenolic OH excluding ortho intramolecular Hbond substituents is 1. The number of hydrogen-bond acceptors (Lipinski definition) is 3. The predicted molar refractivity (Wildman–Crippen MR) is 59.4 cm³/mol. The van der Waals surface area contributed by atoms with Gasteiger partial charge in [-0.25, -0.2) is 0 Å². The third-order valence-electron chi connectivity index (χ3n) is 2.14. The van der Waals surface area contributed by atoms with Crippen molar-refractivity contribution in [1.29, 1.82) is 0 Å². The van der Waals surface area contributed by atoms with Gasteiger partial charge in [0.25, 0.3) is 0 Å². The van der Waals surface area contributed by atoms with Gasteiger partial charge in [-0.05, 0) is 36.9 Å². The van der Waals surface area contributed by atoms with Crippen LogP contribution in [0.4, 0.5) is 0 Å². The molecule has 0 aliphatic rings. The number of ether oxygens (including phenoxy) is 1. The molecule has 0 saturated carbocycles. The number of hydrogen-bond donors (Lipinski definition) is 1. The number of rotatable bonds is 2. The van der Waals surface area contributed by atoms with Crippen molar-refractivity contribution in [3.05, 3.63) is 23.1 Å². The summed E-state index contributed by atoms with van der Waals surface area (Å²) in [7, 11) is 0. The van der Waals surface area contributed by atoms with Gasteiger partial charge in [-0.1, -0.05) is 0 Å². The van der Waals surface area contributed by atoms with Crippen LogP contribution >= 0.6 is 11.3 Å². The van der Waals surface area contributed by atoms with E-state index in [1.54, 1.807) is 6.07 Å². The fraction of sp³-hybridized carbons (Fsp3) is 0.273. The quantitative estimate of drug-likeness (QED) is 0.820. The number of aryl methyl sites for hydroxylation is 1. The topological polar surface area (TPSA) is 29.5 Å². The first-order chi connectivity index (χ1) is 6.74. The molecule has 0 radical (unpaired) electrons. The highest BCUT2D eigenvalue weighted by molar-refractivity contribution is 7.17. The van der Waals surface area contributed by atoms with Crippen LogP contribution in [0.5, 0.6) is 11.5 Å². The number of thiophene rings is 1. The summed E-state index contributed by atoms with van der Waals surface area (Å²) in [5.41, 5.74) is 0.982. The van der Waals surface area contributed by atoms with Crippen LogP contribution in [0.3, 0.4) is 0 Å². The molecular formula is C11H12O2S. The standard InChI is InChI=1S/C11H12O2S/c1-3-13-10-7(2)6-9(12)11-8(10)4-5-14-11/h4-6,12H,3H2,1-2H3. The first-order valence-electron chi connectivity index (χ1n) is 4.56. The Labute approximate surface area is 86.8 Å². The first kappa shape index (κ1) is 9.34. The van der Waals surface area contributed by atoms with Crippen molar-refractivity contribution in [2.24, 2.45) is 0 Å². The third kappa shape index (κ3) is 1.34. The molecule has 14 heavy (non-hydrogen) atoms. The smallest absolute Gasteiger partial charge is 0.133 e. The fourth-order valence-electron chi connectivity index (χ4n) is 1.57. The van der Waals surface area contributed by atoms with Gasteiger partial charge in [0.2, 0.25) is 0 Å². The molecule has 3 heteroatoms. The summed E-state index contributed by atoms with van der Waals surface area (Å²) in [6, 6.07) is 3.74. The summed E-state index contributed by atoms with van der Waals surface area (Å²) in [6.07, 6.45) is 0. The normalized spacial score (nSPS) is 10.7. The largest absolute Gasteiger partial charge is 0.506 e. The van der Waals surface area contributed by atoms with Gasteiger partial charge in [-0.15, -0.1) is 11.3 Å². The van der Waals surface area contributed by atoms with E-state index in [4.69, 9.17) is 4.74 Å². The van der Waals surface area contributed by atoms with E-state index in [0.717, 1.165) is 21.4 Å².